The van der Waals surface area contributed by atoms with Gasteiger partial charge in [-0.25, -0.2) is 4.39 Å². The largest absolute Gasteiger partial charge is 0.495 e. The predicted molar refractivity (Wildman–Crippen MR) is 133 cm³/mol. The van der Waals surface area contributed by atoms with E-state index in [-0.39, 0.29) is 18.3 Å². The van der Waals surface area contributed by atoms with Gasteiger partial charge in [0.25, 0.3) is 5.79 Å². The fourth-order valence-electron chi connectivity index (χ4n) is 4.44. The first-order chi connectivity index (χ1) is 17.4. The summed E-state index contributed by atoms with van der Waals surface area (Å²) < 4.78 is 41.8. The third kappa shape index (κ3) is 4.53. The third-order valence-corrected chi connectivity index (χ3v) is 6.23. The summed E-state index contributed by atoms with van der Waals surface area (Å²) in [6, 6.07) is 8.08. The molecule has 0 saturated heterocycles. The Morgan fingerprint density at radius 1 is 1.06 bits per heavy atom. The topological polar surface area (TPSA) is 79.2 Å². The number of halogens is 1. The number of amides is 1. The molecule has 2 aromatic rings. The van der Waals surface area contributed by atoms with Gasteiger partial charge in [-0.05, 0) is 82.8 Å². The molecule has 188 valence electrons. The normalized spacial score (nSPS) is 17.5. The van der Waals surface area contributed by atoms with Crippen LogP contribution in [0, 0.1) is 5.82 Å². The molecule has 1 amide bonds. The van der Waals surface area contributed by atoms with Crippen LogP contribution in [0.2, 0.25) is 0 Å². The molecule has 36 heavy (non-hydrogen) atoms. The fraction of sp³-hybridized carbons (Fsp3) is 0.250. The fourth-order valence-corrected chi connectivity index (χ4v) is 4.44. The van der Waals surface area contributed by atoms with Crippen LogP contribution in [0.25, 0.3) is 11.1 Å². The Hall–Kier alpha value is -3.88. The van der Waals surface area contributed by atoms with Crippen molar-refractivity contribution < 1.29 is 32.5 Å². The molecule has 1 N–H and O–H groups in total. The number of hydrogen-bond acceptors (Lipinski definition) is 6. The van der Waals surface area contributed by atoms with E-state index in [1.807, 2.05) is 13.0 Å². The minimum absolute atomic E-state index is 0.251. The van der Waals surface area contributed by atoms with E-state index in [1.54, 1.807) is 36.6 Å². The smallest absolute Gasteiger partial charge is 0.287 e. The van der Waals surface area contributed by atoms with Crippen LogP contribution in [-0.2, 0) is 30.3 Å². The molecule has 4 rings (SSSR count). The van der Waals surface area contributed by atoms with Gasteiger partial charge in [-0.3, -0.25) is 4.79 Å². The highest BCUT2D eigenvalue weighted by Gasteiger charge is 2.44. The van der Waals surface area contributed by atoms with E-state index in [2.05, 4.69) is 5.32 Å². The van der Waals surface area contributed by atoms with Gasteiger partial charge < -0.3 is 28.7 Å². The summed E-state index contributed by atoms with van der Waals surface area (Å²) in [4.78, 5) is 12.7. The first kappa shape index (κ1) is 25.2. The Morgan fingerprint density at radius 2 is 1.75 bits per heavy atom. The van der Waals surface area contributed by atoms with Crippen LogP contribution in [0.1, 0.15) is 23.8 Å². The number of carbonyl (C=O) groups is 1. The third-order valence-electron chi connectivity index (χ3n) is 6.23. The molecule has 7 nitrogen and oxygen atoms in total. The monoisotopic (exact) mass is 493 g/mol. The molecule has 2 aliphatic rings. The summed E-state index contributed by atoms with van der Waals surface area (Å²) in [5, 5.41) is 2.80. The molecule has 0 atom stereocenters. The molecule has 1 heterocycles. The van der Waals surface area contributed by atoms with Crippen molar-refractivity contribution in [2.45, 2.75) is 19.3 Å². The average molecular weight is 494 g/mol. The number of carbonyl (C=O) groups excluding carboxylic acids is 1. The Bertz CT molecular complexity index is 1280. The van der Waals surface area contributed by atoms with E-state index in [0.717, 1.165) is 22.3 Å². The van der Waals surface area contributed by atoms with E-state index in [9.17, 15) is 9.18 Å². The van der Waals surface area contributed by atoms with Crippen molar-refractivity contribution in [3.63, 3.8) is 0 Å². The first-order valence-electron chi connectivity index (χ1n) is 11.2. The van der Waals surface area contributed by atoms with Crippen LogP contribution in [0.3, 0.4) is 0 Å². The van der Waals surface area contributed by atoms with Gasteiger partial charge in [0.15, 0.2) is 11.5 Å². The van der Waals surface area contributed by atoms with Gasteiger partial charge in [0.05, 0.1) is 27.0 Å². The van der Waals surface area contributed by atoms with Crippen LogP contribution in [-0.4, -0.2) is 40.1 Å². The number of nitrogens with one attached hydrogen (secondary N) is 1. The lowest BCUT2D eigenvalue weighted by Gasteiger charge is -2.35. The number of furan rings is 1. The van der Waals surface area contributed by atoms with Gasteiger partial charge in [0.2, 0.25) is 5.91 Å². The number of ether oxygens (including phenoxy) is 4. The first-order valence-corrected chi connectivity index (χ1v) is 11.2. The van der Waals surface area contributed by atoms with E-state index >= 15 is 0 Å². The standard InChI is InChI=1S/C28H28FNO6/c1-17-22(11-18-12-25(32-2)28(34-4,35-5)26(13-18)33-3)21-9-8-19(29)14-24(21)23(17)15-27(31)30-16-20-7-6-10-36-20/h6-15H,16H2,1-5H3,(H,30,31)/b23-15+. The summed E-state index contributed by atoms with van der Waals surface area (Å²) in [6.07, 6.45) is 8.54. The summed E-state index contributed by atoms with van der Waals surface area (Å²) in [6.45, 7) is 2.15. The van der Waals surface area contributed by atoms with Crippen molar-refractivity contribution in [1.82, 2.24) is 5.32 Å². The molecule has 1 aromatic heterocycles. The minimum atomic E-state index is -1.31. The zero-order chi connectivity index (χ0) is 25.9. The minimum Gasteiger partial charge on any atom is -0.495 e. The van der Waals surface area contributed by atoms with Crippen molar-refractivity contribution in [1.29, 1.82) is 0 Å². The molecule has 0 aliphatic heterocycles. The van der Waals surface area contributed by atoms with Crippen LogP contribution >= 0.6 is 0 Å². The van der Waals surface area contributed by atoms with E-state index < -0.39 is 5.79 Å². The van der Waals surface area contributed by atoms with Crippen LogP contribution in [0.5, 0.6) is 0 Å². The van der Waals surface area contributed by atoms with E-state index in [0.29, 0.717) is 28.4 Å². The zero-order valence-electron chi connectivity index (χ0n) is 20.8. The summed E-state index contributed by atoms with van der Waals surface area (Å²) in [5.41, 5.74) is 4.50. The second-order valence-corrected chi connectivity index (χ2v) is 8.18. The Balaban J connectivity index is 1.76. The SMILES string of the molecule is COC1=CC(=CC2=C(C)/C(=C\C(=O)NCc3ccco3)c3cc(F)ccc32)C=C(OC)C1(OC)OC. The van der Waals surface area contributed by atoms with Crippen molar-refractivity contribution in [2.24, 2.45) is 0 Å². The predicted octanol–water partition coefficient (Wildman–Crippen LogP) is 4.90. The molecule has 2 aliphatic carbocycles. The second kappa shape index (κ2) is 10.4. The number of benzene rings is 1. The highest BCUT2D eigenvalue weighted by molar-refractivity contribution is 6.08. The van der Waals surface area contributed by atoms with E-state index in [1.165, 1.54) is 46.6 Å². The molecule has 0 radical (unpaired) electrons. The van der Waals surface area contributed by atoms with Crippen molar-refractivity contribution in [3.8, 4) is 0 Å². The lowest BCUT2D eigenvalue weighted by Crippen LogP contribution is -2.41. The van der Waals surface area contributed by atoms with Gasteiger partial charge in [-0.2, -0.15) is 0 Å². The lowest BCUT2D eigenvalue weighted by atomic mass is 9.96. The van der Waals surface area contributed by atoms with Gasteiger partial charge in [-0.1, -0.05) is 6.07 Å². The molecule has 0 saturated carbocycles. The lowest BCUT2D eigenvalue weighted by molar-refractivity contribution is -0.195. The highest BCUT2D eigenvalue weighted by atomic mass is 19.1. The Labute approximate surface area is 209 Å². The zero-order valence-corrected chi connectivity index (χ0v) is 20.8. The van der Waals surface area contributed by atoms with E-state index in [4.69, 9.17) is 23.4 Å². The number of hydrogen-bond donors (Lipinski definition) is 1. The van der Waals surface area contributed by atoms with Crippen molar-refractivity contribution in [2.75, 3.05) is 28.4 Å². The molecule has 0 unspecified atom stereocenters. The summed E-state index contributed by atoms with van der Waals surface area (Å²) >= 11 is 0. The molecule has 8 heteroatoms. The van der Waals surface area contributed by atoms with Gasteiger partial charge in [0.1, 0.15) is 11.6 Å². The molecule has 0 fully saturated rings. The maximum Gasteiger partial charge on any atom is 0.287 e. The van der Waals surface area contributed by atoms with Gasteiger partial charge >= 0.3 is 0 Å². The van der Waals surface area contributed by atoms with Crippen LogP contribution < -0.4 is 5.32 Å². The number of methoxy groups -OCH3 is 4. The number of fused-ring (bicyclic) bond motifs is 1. The maximum absolute atomic E-state index is 14.2. The molecular formula is C28H28FNO6. The quantitative estimate of drug-likeness (QED) is 0.417. The Morgan fingerprint density at radius 3 is 2.33 bits per heavy atom. The van der Waals surface area contributed by atoms with Crippen LogP contribution in [0.15, 0.2) is 88.0 Å². The van der Waals surface area contributed by atoms with Crippen molar-refractivity contribution in [3.05, 3.63) is 106 Å². The molecular weight excluding hydrogens is 465 g/mol. The number of rotatable bonds is 8. The molecule has 0 bridgehead atoms. The molecule has 1 aromatic carbocycles. The second-order valence-electron chi connectivity index (χ2n) is 8.18. The van der Waals surface area contributed by atoms with Crippen molar-refractivity contribution >= 4 is 17.1 Å². The summed E-state index contributed by atoms with van der Waals surface area (Å²) in [5.74, 6) is -0.556. The summed E-state index contributed by atoms with van der Waals surface area (Å²) in [7, 11) is 6.05. The van der Waals surface area contributed by atoms with Gasteiger partial charge in [0, 0.05) is 20.3 Å². The average Bonchev–Trinajstić information content (AvgIpc) is 3.49. The van der Waals surface area contributed by atoms with Crippen LogP contribution in [0.4, 0.5) is 4.39 Å². The van der Waals surface area contributed by atoms with Gasteiger partial charge in [-0.15, -0.1) is 0 Å². The highest BCUT2D eigenvalue weighted by Crippen LogP contribution is 2.44. The number of allylic oxidation sites excluding steroid dienone is 7. The molecule has 0 spiro atoms. The maximum atomic E-state index is 14.2. The Kier molecular flexibility index (Phi) is 7.28.